The van der Waals surface area contributed by atoms with Crippen molar-refractivity contribution in [1.82, 2.24) is 0 Å². The lowest BCUT2D eigenvalue weighted by atomic mass is 9.85. The third kappa shape index (κ3) is 3.53. The summed E-state index contributed by atoms with van der Waals surface area (Å²) in [6, 6.07) is 2.28. The molecule has 1 aromatic carbocycles. The van der Waals surface area contributed by atoms with E-state index in [-0.39, 0.29) is 11.1 Å². The van der Waals surface area contributed by atoms with Crippen LogP contribution in [0.2, 0.25) is 0 Å². The topological polar surface area (TPSA) is 40.5 Å². The maximum absolute atomic E-state index is 13.0. The van der Waals surface area contributed by atoms with E-state index in [0.29, 0.717) is 19.9 Å². The highest BCUT2D eigenvalue weighted by Crippen LogP contribution is 2.43. The Morgan fingerprint density at radius 2 is 1.13 bits per heavy atom. The van der Waals surface area contributed by atoms with Crippen molar-refractivity contribution < 1.29 is 36.6 Å². The third-order valence-electron chi connectivity index (χ3n) is 3.65. The predicted molar refractivity (Wildman–Crippen MR) is 72.4 cm³/mol. The predicted octanol–water partition coefficient (Wildman–Crippen LogP) is 4.26. The molecule has 0 fully saturated rings. The average Bonchev–Trinajstić information content (AvgIpc) is 2.35. The number of allylic oxidation sites excluding steroid dienone is 1. The summed E-state index contributed by atoms with van der Waals surface area (Å²) in [4.78, 5) is 0. The molecule has 0 heterocycles. The fraction of sp³-hybridized carbons (Fsp3) is 0.467. The molecule has 23 heavy (non-hydrogen) atoms. The van der Waals surface area contributed by atoms with Crippen LogP contribution in [0.4, 0.5) is 26.3 Å². The first-order valence-corrected chi connectivity index (χ1v) is 6.42. The van der Waals surface area contributed by atoms with Gasteiger partial charge in [0.1, 0.15) is 0 Å². The van der Waals surface area contributed by atoms with Gasteiger partial charge in [0.2, 0.25) is 0 Å². The van der Waals surface area contributed by atoms with E-state index in [0.717, 1.165) is 12.1 Å². The highest BCUT2D eigenvalue weighted by Gasteiger charge is 2.54. The van der Waals surface area contributed by atoms with Gasteiger partial charge in [-0.25, -0.2) is 0 Å². The lowest BCUT2D eigenvalue weighted by molar-refractivity contribution is -0.261. The van der Waals surface area contributed by atoms with Gasteiger partial charge in [-0.2, -0.15) is 26.3 Å². The van der Waals surface area contributed by atoms with Gasteiger partial charge in [-0.3, -0.25) is 0 Å². The molecular weight excluding hydrogens is 326 g/mol. The average molecular weight is 342 g/mol. The second-order valence-electron chi connectivity index (χ2n) is 5.72. The van der Waals surface area contributed by atoms with Crippen LogP contribution >= 0.6 is 0 Å². The summed E-state index contributed by atoms with van der Waals surface area (Å²) in [5.41, 5.74) is -8.25. The zero-order chi connectivity index (χ0) is 18.4. The van der Waals surface area contributed by atoms with E-state index >= 15 is 0 Å². The van der Waals surface area contributed by atoms with Gasteiger partial charge >= 0.3 is 12.4 Å². The van der Waals surface area contributed by atoms with Crippen molar-refractivity contribution in [3.05, 3.63) is 41.5 Å². The van der Waals surface area contributed by atoms with E-state index in [9.17, 15) is 36.6 Å². The minimum atomic E-state index is -5.11. The van der Waals surface area contributed by atoms with Gasteiger partial charge in [0.15, 0.2) is 11.2 Å². The molecule has 1 rings (SSSR count). The molecule has 0 amide bonds. The molecule has 0 aliphatic carbocycles. The number of halogens is 6. The molecule has 0 radical (unpaired) electrons. The van der Waals surface area contributed by atoms with Crippen molar-refractivity contribution in [3.63, 3.8) is 0 Å². The molecule has 0 bridgehead atoms. The second-order valence-corrected chi connectivity index (χ2v) is 5.72. The summed E-state index contributed by atoms with van der Waals surface area (Å²) in [6.07, 6.45) is -10.2. The number of aliphatic hydroxyl groups is 2. The largest absolute Gasteiger partial charge is 0.421 e. The summed E-state index contributed by atoms with van der Waals surface area (Å²) in [5, 5.41) is 19.4. The number of hydrogen-bond acceptors (Lipinski definition) is 2. The van der Waals surface area contributed by atoms with Crippen molar-refractivity contribution in [2.75, 3.05) is 0 Å². The number of alkyl halides is 6. The Kier molecular flexibility index (Phi) is 4.68. The Morgan fingerprint density at radius 3 is 1.35 bits per heavy atom. The standard InChI is InChI=1S/C15H16F6O2/c1-8(2)9-5-10(12(3,22)14(16,17)18)7-11(6-9)13(4,23)15(19,20)21/h5-7,22-23H,1H2,2-4H3. The van der Waals surface area contributed by atoms with E-state index in [1.54, 1.807) is 0 Å². The van der Waals surface area contributed by atoms with Crippen molar-refractivity contribution in [1.29, 1.82) is 0 Å². The summed E-state index contributed by atoms with van der Waals surface area (Å²) >= 11 is 0. The molecule has 0 spiro atoms. The molecule has 0 aromatic heterocycles. The van der Waals surface area contributed by atoms with Crippen molar-refractivity contribution in [2.24, 2.45) is 0 Å². The van der Waals surface area contributed by atoms with Crippen LogP contribution in [0, 0.1) is 0 Å². The van der Waals surface area contributed by atoms with Crippen LogP contribution in [-0.4, -0.2) is 22.6 Å². The van der Waals surface area contributed by atoms with Gasteiger partial charge in [-0.15, -0.1) is 0 Å². The lowest BCUT2D eigenvalue weighted by Crippen LogP contribution is -2.41. The molecule has 130 valence electrons. The van der Waals surface area contributed by atoms with Crippen LogP contribution in [0.3, 0.4) is 0 Å². The maximum Gasteiger partial charge on any atom is 0.421 e. The van der Waals surface area contributed by atoms with E-state index in [1.807, 2.05) is 0 Å². The van der Waals surface area contributed by atoms with E-state index in [1.165, 1.54) is 6.92 Å². The van der Waals surface area contributed by atoms with Crippen LogP contribution in [0.25, 0.3) is 5.57 Å². The fourth-order valence-corrected chi connectivity index (χ4v) is 1.76. The molecule has 0 saturated heterocycles. The molecule has 2 N–H and O–H groups in total. The Bertz CT molecular complexity index is 567. The first-order chi connectivity index (χ1) is 10.0. The van der Waals surface area contributed by atoms with Crippen LogP contribution in [0.15, 0.2) is 24.8 Å². The molecule has 2 unspecified atom stereocenters. The maximum atomic E-state index is 13.0. The van der Waals surface area contributed by atoms with Crippen LogP contribution in [0.1, 0.15) is 37.5 Å². The monoisotopic (exact) mass is 342 g/mol. The van der Waals surface area contributed by atoms with Crippen LogP contribution in [0.5, 0.6) is 0 Å². The summed E-state index contributed by atoms with van der Waals surface area (Å²) in [7, 11) is 0. The van der Waals surface area contributed by atoms with Gasteiger partial charge < -0.3 is 10.2 Å². The van der Waals surface area contributed by atoms with Crippen molar-refractivity contribution in [3.8, 4) is 0 Å². The minimum absolute atomic E-state index is 0.0495. The highest BCUT2D eigenvalue weighted by atomic mass is 19.4. The molecule has 0 aliphatic heterocycles. The quantitative estimate of drug-likeness (QED) is 0.806. The number of benzene rings is 1. The summed E-state index contributed by atoms with van der Waals surface area (Å²) < 4.78 is 77.7. The second kappa shape index (κ2) is 5.52. The number of rotatable bonds is 3. The smallest absolute Gasteiger partial charge is 0.376 e. The number of hydrogen-bond donors (Lipinski definition) is 2. The summed E-state index contributed by atoms with van der Waals surface area (Å²) in [6.45, 7) is 5.71. The van der Waals surface area contributed by atoms with Crippen LogP contribution in [-0.2, 0) is 11.2 Å². The normalized spacial score (nSPS) is 18.2. The van der Waals surface area contributed by atoms with Gasteiger partial charge in [-0.1, -0.05) is 12.2 Å². The Hall–Kier alpha value is -1.54. The Balaban J connectivity index is 3.68. The van der Waals surface area contributed by atoms with Gasteiger partial charge in [-0.05, 0) is 55.7 Å². The van der Waals surface area contributed by atoms with Crippen molar-refractivity contribution in [2.45, 2.75) is 44.3 Å². The van der Waals surface area contributed by atoms with Gasteiger partial charge in [0.05, 0.1) is 0 Å². The van der Waals surface area contributed by atoms with Gasteiger partial charge in [0, 0.05) is 0 Å². The first-order valence-electron chi connectivity index (χ1n) is 6.42. The van der Waals surface area contributed by atoms with E-state index < -0.39 is 34.7 Å². The molecule has 2 atom stereocenters. The molecule has 1 aromatic rings. The molecule has 2 nitrogen and oxygen atoms in total. The van der Waals surface area contributed by atoms with Crippen LogP contribution < -0.4 is 0 Å². The summed E-state index contributed by atoms with van der Waals surface area (Å²) in [5.74, 6) is 0. The zero-order valence-corrected chi connectivity index (χ0v) is 12.6. The molecule has 8 heteroatoms. The van der Waals surface area contributed by atoms with E-state index in [2.05, 4.69) is 6.58 Å². The third-order valence-corrected chi connectivity index (χ3v) is 3.65. The SMILES string of the molecule is C=C(C)c1cc(C(C)(O)C(F)(F)F)cc(C(C)(O)C(F)(F)F)c1. The highest BCUT2D eigenvalue weighted by molar-refractivity contribution is 5.63. The molecule has 0 saturated carbocycles. The minimum Gasteiger partial charge on any atom is -0.376 e. The Labute approximate surface area is 129 Å². The first kappa shape index (κ1) is 19.5. The molecule has 0 aliphatic rings. The zero-order valence-electron chi connectivity index (χ0n) is 12.6. The van der Waals surface area contributed by atoms with Gasteiger partial charge in [0.25, 0.3) is 0 Å². The van der Waals surface area contributed by atoms with E-state index in [4.69, 9.17) is 0 Å². The Morgan fingerprint density at radius 1 is 0.826 bits per heavy atom. The molecular formula is C15H16F6O2. The van der Waals surface area contributed by atoms with Crippen molar-refractivity contribution >= 4 is 5.57 Å². The lowest BCUT2D eigenvalue weighted by Gasteiger charge is -2.31. The fourth-order valence-electron chi connectivity index (χ4n) is 1.76.